The molecule has 0 aliphatic heterocycles. The summed E-state index contributed by atoms with van der Waals surface area (Å²) in [5, 5.41) is 0.765. The maximum atomic E-state index is 10.5. The van der Waals surface area contributed by atoms with E-state index in [0.29, 0.717) is 12.2 Å². The summed E-state index contributed by atoms with van der Waals surface area (Å²) < 4.78 is 29.6. The Bertz CT molecular complexity index is 574. The number of imidazole rings is 1. The summed E-state index contributed by atoms with van der Waals surface area (Å²) in [6, 6.07) is 7.68. The molecule has 92 valence electrons. The Hall–Kier alpha value is -1.05. The molecule has 0 bridgehead atoms. The minimum atomic E-state index is -3.85. The van der Waals surface area contributed by atoms with Gasteiger partial charge >= 0.3 is 0 Å². The quantitative estimate of drug-likeness (QED) is 0.493. The number of aromatic amines is 1. The van der Waals surface area contributed by atoms with Gasteiger partial charge < -0.3 is 4.98 Å². The second-order valence-electron chi connectivity index (χ2n) is 3.55. The van der Waals surface area contributed by atoms with Crippen LogP contribution in [0.2, 0.25) is 0 Å². The molecular weight excluding hydrogens is 260 g/mol. The van der Waals surface area contributed by atoms with Crippen molar-refractivity contribution in [1.29, 1.82) is 0 Å². The van der Waals surface area contributed by atoms with Gasteiger partial charge in [0.05, 0.1) is 16.8 Å². The van der Waals surface area contributed by atoms with Crippen LogP contribution in [0.25, 0.3) is 11.0 Å². The normalized spacial score (nSPS) is 12.1. The second-order valence-corrected chi connectivity index (χ2v) is 6.20. The van der Waals surface area contributed by atoms with E-state index in [-0.39, 0.29) is 5.75 Å². The van der Waals surface area contributed by atoms with Crippen LogP contribution in [-0.2, 0) is 10.1 Å². The highest BCUT2D eigenvalue weighted by atomic mass is 32.2. The third kappa shape index (κ3) is 3.72. The van der Waals surface area contributed by atoms with Crippen molar-refractivity contribution < 1.29 is 13.0 Å². The van der Waals surface area contributed by atoms with Gasteiger partial charge in [-0.3, -0.25) is 4.55 Å². The molecule has 2 aromatic rings. The van der Waals surface area contributed by atoms with Crippen LogP contribution in [0, 0.1) is 0 Å². The van der Waals surface area contributed by atoms with Crippen LogP contribution in [0.15, 0.2) is 29.4 Å². The molecule has 7 heteroatoms. The summed E-state index contributed by atoms with van der Waals surface area (Å²) in [6.45, 7) is 0. The van der Waals surface area contributed by atoms with Gasteiger partial charge in [0, 0.05) is 5.75 Å². The molecule has 1 aromatic carbocycles. The lowest BCUT2D eigenvalue weighted by molar-refractivity contribution is 0.482. The fourth-order valence-electron chi connectivity index (χ4n) is 1.41. The van der Waals surface area contributed by atoms with E-state index < -0.39 is 10.1 Å². The summed E-state index contributed by atoms with van der Waals surface area (Å²) in [5.74, 6) is 0.389. The number of nitrogens with one attached hydrogen (secondary N) is 1. The summed E-state index contributed by atoms with van der Waals surface area (Å²) in [7, 11) is -3.85. The number of H-pyrrole nitrogens is 1. The fourth-order valence-corrected chi connectivity index (χ4v) is 2.93. The SMILES string of the molecule is O=S(=O)(O)CCCSc1nc2ccccc2[nH]1. The van der Waals surface area contributed by atoms with E-state index >= 15 is 0 Å². The predicted octanol–water partition coefficient (Wildman–Crippen LogP) is 1.93. The van der Waals surface area contributed by atoms with Crippen molar-refractivity contribution in [1.82, 2.24) is 9.97 Å². The van der Waals surface area contributed by atoms with Gasteiger partial charge in [0.15, 0.2) is 5.16 Å². The van der Waals surface area contributed by atoms with Gasteiger partial charge in [-0.2, -0.15) is 8.42 Å². The van der Waals surface area contributed by atoms with Crippen molar-refractivity contribution in [2.75, 3.05) is 11.5 Å². The molecule has 0 radical (unpaired) electrons. The van der Waals surface area contributed by atoms with Gasteiger partial charge in [0.2, 0.25) is 0 Å². The molecule has 5 nitrogen and oxygen atoms in total. The molecule has 0 saturated heterocycles. The Kier molecular flexibility index (Phi) is 3.70. The highest BCUT2D eigenvalue weighted by Gasteiger charge is 2.06. The zero-order valence-corrected chi connectivity index (χ0v) is 10.6. The monoisotopic (exact) mass is 272 g/mol. The smallest absolute Gasteiger partial charge is 0.264 e. The van der Waals surface area contributed by atoms with Gasteiger partial charge in [-0.05, 0) is 18.6 Å². The minimum absolute atomic E-state index is 0.208. The number of thioether (sulfide) groups is 1. The molecule has 0 atom stereocenters. The average Bonchev–Trinajstić information content (AvgIpc) is 2.65. The standard InChI is InChI=1S/C10H12N2O3S2/c13-17(14,15)7-3-6-16-10-11-8-4-1-2-5-9(8)12-10/h1-2,4-5H,3,6-7H2,(H,11,12)(H,13,14,15). The van der Waals surface area contributed by atoms with E-state index in [1.54, 1.807) is 0 Å². The first-order chi connectivity index (χ1) is 8.04. The maximum Gasteiger partial charge on any atom is 0.264 e. The van der Waals surface area contributed by atoms with Crippen molar-refractivity contribution in [3.05, 3.63) is 24.3 Å². The van der Waals surface area contributed by atoms with Gasteiger partial charge in [0.1, 0.15) is 0 Å². The van der Waals surface area contributed by atoms with Crippen LogP contribution >= 0.6 is 11.8 Å². The Morgan fingerprint density at radius 1 is 1.35 bits per heavy atom. The average molecular weight is 272 g/mol. The zero-order chi connectivity index (χ0) is 12.3. The van der Waals surface area contributed by atoms with Crippen molar-refractivity contribution in [2.45, 2.75) is 11.6 Å². The second kappa shape index (κ2) is 5.07. The molecule has 0 aliphatic rings. The first-order valence-corrected chi connectivity index (χ1v) is 7.67. The van der Waals surface area contributed by atoms with Crippen LogP contribution < -0.4 is 0 Å². The molecule has 0 amide bonds. The summed E-state index contributed by atoms with van der Waals surface area (Å²) >= 11 is 1.44. The lowest BCUT2D eigenvalue weighted by Gasteiger charge is -1.96. The van der Waals surface area contributed by atoms with Gasteiger partial charge in [-0.1, -0.05) is 23.9 Å². The maximum absolute atomic E-state index is 10.5. The fraction of sp³-hybridized carbons (Fsp3) is 0.300. The van der Waals surface area contributed by atoms with E-state index in [4.69, 9.17) is 4.55 Å². The highest BCUT2D eigenvalue weighted by molar-refractivity contribution is 7.99. The van der Waals surface area contributed by atoms with Crippen molar-refractivity contribution in [3.8, 4) is 0 Å². The number of benzene rings is 1. The van der Waals surface area contributed by atoms with Crippen LogP contribution in [0.5, 0.6) is 0 Å². The van der Waals surface area contributed by atoms with Gasteiger partial charge in [-0.15, -0.1) is 0 Å². The summed E-state index contributed by atoms with van der Waals surface area (Å²) in [6.07, 6.45) is 0.403. The Balaban J connectivity index is 1.91. The molecular formula is C10H12N2O3S2. The molecule has 1 aromatic heterocycles. The molecule has 0 spiro atoms. The number of rotatable bonds is 5. The predicted molar refractivity (Wildman–Crippen MR) is 67.9 cm³/mol. The van der Waals surface area contributed by atoms with Crippen molar-refractivity contribution in [3.63, 3.8) is 0 Å². The first-order valence-electron chi connectivity index (χ1n) is 5.07. The Labute approximate surface area is 103 Å². The molecule has 0 aliphatic carbocycles. The van der Waals surface area contributed by atoms with E-state index in [1.165, 1.54) is 11.8 Å². The number of hydrogen-bond donors (Lipinski definition) is 2. The zero-order valence-electron chi connectivity index (χ0n) is 8.96. The van der Waals surface area contributed by atoms with E-state index in [9.17, 15) is 8.42 Å². The third-order valence-electron chi connectivity index (χ3n) is 2.15. The largest absolute Gasteiger partial charge is 0.333 e. The summed E-state index contributed by atoms with van der Waals surface area (Å²) in [4.78, 5) is 7.48. The minimum Gasteiger partial charge on any atom is -0.333 e. The van der Waals surface area contributed by atoms with Crippen molar-refractivity contribution >= 4 is 32.9 Å². The van der Waals surface area contributed by atoms with Crippen LogP contribution in [0.4, 0.5) is 0 Å². The molecule has 0 saturated carbocycles. The number of fused-ring (bicyclic) bond motifs is 1. The van der Waals surface area contributed by atoms with Crippen LogP contribution in [-0.4, -0.2) is 34.4 Å². The molecule has 17 heavy (non-hydrogen) atoms. The van der Waals surface area contributed by atoms with E-state index in [2.05, 4.69) is 9.97 Å². The van der Waals surface area contributed by atoms with Crippen LogP contribution in [0.1, 0.15) is 6.42 Å². The number of para-hydroxylation sites is 2. The van der Waals surface area contributed by atoms with Gasteiger partial charge in [0.25, 0.3) is 10.1 Å². The van der Waals surface area contributed by atoms with Crippen molar-refractivity contribution in [2.24, 2.45) is 0 Å². The van der Waals surface area contributed by atoms with E-state index in [1.807, 2.05) is 24.3 Å². The molecule has 0 unspecified atom stereocenters. The van der Waals surface area contributed by atoms with Gasteiger partial charge in [-0.25, -0.2) is 4.98 Å². The lowest BCUT2D eigenvalue weighted by Crippen LogP contribution is -2.04. The number of hydrogen-bond acceptors (Lipinski definition) is 4. The first kappa shape index (κ1) is 12.4. The Morgan fingerprint density at radius 3 is 2.82 bits per heavy atom. The van der Waals surface area contributed by atoms with Crippen LogP contribution in [0.3, 0.4) is 0 Å². The highest BCUT2D eigenvalue weighted by Crippen LogP contribution is 2.19. The third-order valence-corrected chi connectivity index (χ3v) is 3.92. The molecule has 2 N–H and O–H groups in total. The van der Waals surface area contributed by atoms with E-state index in [0.717, 1.165) is 16.2 Å². The molecule has 1 heterocycles. The lowest BCUT2D eigenvalue weighted by atomic mass is 10.3. The number of aromatic nitrogens is 2. The Morgan fingerprint density at radius 2 is 2.12 bits per heavy atom. The molecule has 2 rings (SSSR count). The summed E-state index contributed by atoms with van der Waals surface area (Å²) in [5.41, 5.74) is 1.86. The number of nitrogens with zero attached hydrogens (tertiary/aromatic N) is 1. The molecule has 0 fully saturated rings. The topological polar surface area (TPSA) is 83.1 Å².